The van der Waals surface area contributed by atoms with Crippen molar-refractivity contribution in [3.8, 4) is 0 Å². The number of benzene rings is 1. The predicted octanol–water partition coefficient (Wildman–Crippen LogP) is 2.07. The summed E-state index contributed by atoms with van der Waals surface area (Å²) in [5.41, 5.74) is -0.730. The summed E-state index contributed by atoms with van der Waals surface area (Å²) in [6.07, 6.45) is -1.33. The third-order valence-electron chi connectivity index (χ3n) is 5.21. The molecular formula is C23H29FN2O7. The van der Waals surface area contributed by atoms with Gasteiger partial charge in [-0.2, -0.15) is 0 Å². The number of esters is 2. The molecule has 0 spiro atoms. The van der Waals surface area contributed by atoms with E-state index in [0.29, 0.717) is 13.1 Å². The van der Waals surface area contributed by atoms with Gasteiger partial charge in [0.2, 0.25) is 6.10 Å². The third kappa shape index (κ3) is 5.87. The van der Waals surface area contributed by atoms with E-state index in [0.717, 1.165) is 25.8 Å². The minimum atomic E-state index is -1.61. The van der Waals surface area contributed by atoms with E-state index in [9.17, 15) is 23.6 Å². The molecule has 1 aromatic carbocycles. The lowest BCUT2D eigenvalue weighted by molar-refractivity contribution is -0.188. The van der Waals surface area contributed by atoms with Crippen molar-refractivity contribution in [2.24, 2.45) is 0 Å². The minimum absolute atomic E-state index is 0.0315. The van der Waals surface area contributed by atoms with E-state index in [1.807, 2.05) is 0 Å². The molecule has 9 nitrogen and oxygen atoms in total. The summed E-state index contributed by atoms with van der Waals surface area (Å²) >= 11 is 0. The Morgan fingerprint density at radius 2 is 1.82 bits per heavy atom. The molecule has 0 aromatic heterocycles. The Morgan fingerprint density at radius 1 is 1.15 bits per heavy atom. The minimum Gasteiger partial charge on any atom is -0.457 e. The number of morpholine rings is 1. The molecule has 2 saturated heterocycles. The van der Waals surface area contributed by atoms with Gasteiger partial charge in [-0.3, -0.25) is 14.4 Å². The molecule has 10 heteroatoms. The number of carbonyl (C=O) groups is 4. The van der Waals surface area contributed by atoms with Crippen LogP contribution in [0.3, 0.4) is 0 Å². The topological polar surface area (TPSA) is 102 Å². The number of halogens is 1. The monoisotopic (exact) mass is 464 g/mol. The normalized spacial score (nSPS) is 19.9. The molecule has 0 saturated carbocycles. The Bertz CT molecular complexity index is 937. The zero-order chi connectivity index (χ0) is 24.3. The van der Waals surface area contributed by atoms with Gasteiger partial charge in [0.1, 0.15) is 11.4 Å². The molecule has 3 rings (SSSR count). The second kappa shape index (κ2) is 9.86. The van der Waals surface area contributed by atoms with Crippen molar-refractivity contribution in [3.63, 3.8) is 0 Å². The first-order chi connectivity index (χ1) is 15.5. The molecule has 2 aliphatic rings. The van der Waals surface area contributed by atoms with Gasteiger partial charge in [-0.05, 0) is 51.8 Å². The van der Waals surface area contributed by atoms with Crippen LogP contribution in [0.2, 0.25) is 0 Å². The van der Waals surface area contributed by atoms with Crippen molar-refractivity contribution in [1.29, 1.82) is 0 Å². The van der Waals surface area contributed by atoms with Gasteiger partial charge in [0.25, 0.3) is 11.8 Å². The van der Waals surface area contributed by atoms with Crippen molar-refractivity contribution in [3.05, 3.63) is 29.6 Å². The first-order valence-corrected chi connectivity index (χ1v) is 10.9. The second-order valence-corrected chi connectivity index (χ2v) is 9.01. The number of hydrogen-bond acceptors (Lipinski definition) is 7. The fraction of sp³-hybridized carbons (Fsp3) is 0.565. The smallest absolute Gasteiger partial charge is 0.351 e. The molecule has 33 heavy (non-hydrogen) atoms. The number of hydrogen-bond donors (Lipinski definition) is 0. The van der Waals surface area contributed by atoms with Crippen LogP contribution in [-0.4, -0.2) is 72.7 Å². The molecule has 0 bridgehead atoms. The lowest BCUT2D eigenvalue weighted by Crippen LogP contribution is -2.56. The maximum Gasteiger partial charge on any atom is 0.351 e. The fourth-order valence-corrected chi connectivity index (χ4v) is 3.79. The number of likely N-dealkylation sites (tertiary alicyclic amines) is 1. The number of carbonyl (C=O) groups excluding carboxylic acids is 4. The van der Waals surface area contributed by atoms with Gasteiger partial charge in [-0.15, -0.1) is 0 Å². The van der Waals surface area contributed by atoms with Gasteiger partial charge in [-0.25, -0.2) is 9.18 Å². The molecule has 2 atom stereocenters. The summed E-state index contributed by atoms with van der Waals surface area (Å²) in [5, 5.41) is 0. The maximum absolute atomic E-state index is 14.5. The number of anilines is 1. The van der Waals surface area contributed by atoms with E-state index in [2.05, 4.69) is 0 Å². The standard InChI is InChI=1S/C23H29FN2O7/c1-14(27)32-19(22(30)33-23(2,3)4)18-21(29)26(11-12-31-18)15-7-8-17(24)16(13-15)20(28)25-9-5-6-10-25/h7-8,13,18-19H,5-6,9-12H2,1-4H3/t18-,19-/m1/s1. The Labute approximate surface area is 191 Å². The SMILES string of the molecule is CC(=O)O[C@@H](C(=O)OC(C)(C)C)[C@H]1OCCN(c2ccc(F)c(C(=O)N3CCCC3)c2)C1=O. The number of ether oxygens (including phenoxy) is 3. The first-order valence-electron chi connectivity index (χ1n) is 10.9. The Balaban J connectivity index is 1.87. The molecular weight excluding hydrogens is 435 g/mol. The van der Waals surface area contributed by atoms with Crippen LogP contribution < -0.4 is 4.90 Å². The maximum atomic E-state index is 14.5. The van der Waals surface area contributed by atoms with E-state index in [4.69, 9.17) is 14.2 Å². The van der Waals surface area contributed by atoms with E-state index in [-0.39, 0.29) is 24.4 Å². The van der Waals surface area contributed by atoms with Crippen LogP contribution in [0.1, 0.15) is 50.9 Å². The molecule has 2 fully saturated rings. The van der Waals surface area contributed by atoms with Crippen molar-refractivity contribution >= 4 is 29.4 Å². The lowest BCUT2D eigenvalue weighted by Gasteiger charge is -2.35. The summed E-state index contributed by atoms with van der Waals surface area (Å²) in [4.78, 5) is 53.1. The lowest BCUT2D eigenvalue weighted by atomic mass is 10.1. The zero-order valence-corrected chi connectivity index (χ0v) is 19.3. The second-order valence-electron chi connectivity index (χ2n) is 9.01. The van der Waals surface area contributed by atoms with E-state index in [1.165, 1.54) is 17.0 Å². The van der Waals surface area contributed by atoms with Crippen LogP contribution in [0.5, 0.6) is 0 Å². The largest absolute Gasteiger partial charge is 0.457 e. The van der Waals surface area contributed by atoms with Gasteiger partial charge >= 0.3 is 11.9 Å². The van der Waals surface area contributed by atoms with Crippen LogP contribution in [0.15, 0.2) is 18.2 Å². The van der Waals surface area contributed by atoms with Gasteiger partial charge in [0.05, 0.1) is 12.2 Å². The third-order valence-corrected chi connectivity index (χ3v) is 5.21. The molecule has 180 valence electrons. The van der Waals surface area contributed by atoms with Gasteiger partial charge < -0.3 is 24.0 Å². The first kappa shape index (κ1) is 24.6. The summed E-state index contributed by atoms with van der Waals surface area (Å²) in [6, 6.07) is 3.84. The summed E-state index contributed by atoms with van der Waals surface area (Å²) in [6.45, 7) is 7.29. The summed E-state index contributed by atoms with van der Waals surface area (Å²) < 4.78 is 30.4. The molecule has 0 unspecified atom stereocenters. The van der Waals surface area contributed by atoms with Gasteiger partial charge in [-0.1, -0.05) is 0 Å². The summed E-state index contributed by atoms with van der Waals surface area (Å²) in [7, 11) is 0. The average Bonchev–Trinajstić information content (AvgIpc) is 3.26. The highest BCUT2D eigenvalue weighted by atomic mass is 19.1. The average molecular weight is 464 g/mol. The molecule has 0 radical (unpaired) electrons. The molecule has 0 N–H and O–H groups in total. The Kier molecular flexibility index (Phi) is 7.36. The fourth-order valence-electron chi connectivity index (χ4n) is 3.79. The van der Waals surface area contributed by atoms with Crippen LogP contribution in [-0.2, 0) is 28.6 Å². The Hall–Kier alpha value is -3.01. The van der Waals surface area contributed by atoms with Crippen molar-refractivity contribution in [2.75, 3.05) is 31.1 Å². The molecule has 2 aliphatic heterocycles. The quantitative estimate of drug-likeness (QED) is 0.615. The van der Waals surface area contributed by atoms with E-state index in [1.54, 1.807) is 25.7 Å². The van der Waals surface area contributed by atoms with Crippen LogP contribution >= 0.6 is 0 Å². The number of rotatable bonds is 5. The van der Waals surface area contributed by atoms with Crippen LogP contribution in [0.25, 0.3) is 0 Å². The van der Waals surface area contributed by atoms with E-state index >= 15 is 0 Å². The highest BCUT2D eigenvalue weighted by Crippen LogP contribution is 2.26. The van der Waals surface area contributed by atoms with E-state index < -0.39 is 47.4 Å². The Morgan fingerprint density at radius 3 is 2.42 bits per heavy atom. The highest BCUT2D eigenvalue weighted by molar-refractivity contribution is 6.02. The predicted molar refractivity (Wildman–Crippen MR) is 115 cm³/mol. The van der Waals surface area contributed by atoms with Crippen molar-refractivity contribution < 1.29 is 37.8 Å². The summed E-state index contributed by atoms with van der Waals surface area (Å²) in [5.74, 6) is -3.47. The number of amides is 2. The van der Waals surface area contributed by atoms with Crippen molar-refractivity contribution in [1.82, 2.24) is 4.90 Å². The number of nitrogens with zero attached hydrogens (tertiary/aromatic N) is 2. The van der Waals surface area contributed by atoms with Crippen LogP contribution in [0.4, 0.5) is 10.1 Å². The van der Waals surface area contributed by atoms with Gasteiger partial charge in [0, 0.05) is 32.2 Å². The van der Waals surface area contributed by atoms with Crippen molar-refractivity contribution in [2.45, 2.75) is 58.3 Å². The van der Waals surface area contributed by atoms with Crippen LogP contribution in [0, 0.1) is 5.82 Å². The molecule has 0 aliphatic carbocycles. The molecule has 1 aromatic rings. The highest BCUT2D eigenvalue weighted by Gasteiger charge is 2.44. The van der Waals surface area contributed by atoms with Gasteiger partial charge in [0.15, 0.2) is 6.10 Å². The molecule has 2 amide bonds. The molecule has 2 heterocycles. The zero-order valence-electron chi connectivity index (χ0n) is 19.3.